The van der Waals surface area contributed by atoms with E-state index in [9.17, 15) is 9.59 Å². The molecule has 0 unspecified atom stereocenters. The van der Waals surface area contributed by atoms with Crippen molar-refractivity contribution in [2.75, 3.05) is 6.61 Å². The standard InChI is InChI=1S/C17H14Cl2O4/c1-2-8-22-16(20)11-4-3-5-12(9-11)17(21)23-15-10-13(18)6-7-14(15)19/h3-7,9-10H,2,8H2,1H3. The molecule has 120 valence electrons. The maximum atomic E-state index is 12.2. The van der Waals surface area contributed by atoms with Gasteiger partial charge in [-0.2, -0.15) is 0 Å². The fraction of sp³-hybridized carbons (Fsp3) is 0.176. The summed E-state index contributed by atoms with van der Waals surface area (Å²) in [6.45, 7) is 2.22. The number of hydrogen-bond donors (Lipinski definition) is 0. The summed E-state index contributed by atoms with van der Waals surface area (Å²) in [4.78, 5) is 24.0. The first-order valence-electron chi connectivity index (χ1n) is 6.95. The average molecular weight is 353 g/mol. The predicted molar refractivity (Wildman–Crippen MR) is 88.4 cm³/mol. The van der Waals surface area contributed by atoms with Crippen LogP contribution in [0.1, 0.15) is 34.1 Å². The van der Waals surface area contributed by atoms with E-state index < -0.39 is 11.9 Å². The Labute approximate surface area is 143 Å². The van der Waals surface area contributed by atoms with Crippen molar-refractivity contribution in [3.8, 4) is 5.75 Å². The lowest BCUT2D eigenvalue weighted by molar-refractivity contribution is 0.0505. The van der Waals surface area contributed by atoms with E-state index in [4.69, 9.17) is 32.7 Å². The van der Waals surface area contributed by atoms with Crippen molar-refractivity contribution in [1.29, 1.82) is 0 Å². The van der Waals surface area contributed by atoms with E-state index in [0.29, 0.717) is 11.6 Å². The van der Waals surface area contributed by atoms with Crippen molar-refractivity contribution in [3.63, 3.8) is 0 Å². The minimum Gasteiger partial charge on any atom is -0.462 e. The number of halogens is 2. The van der Waals surface area contributed by atoms with E-state index >= 15 is 0 Å². The number of carbonyl (C=O) groups excluding carboxylic acids is 2. The van der Waals surface area contributed by atoms with Crippen molar-refractivity contribution in [2.24, 2.45) is 0 Å². The van der Waals surface area contributed by atoms with Gasteiger partial charge in [-0.3, -0.25) is 0 Å². The zero-order chi connectivity index (χ0) is 16.8. The number of hydrogen-bond acceptors (Lipinski definition) is 4. The average Bonchev–Trinajstić information content (AvgIpc) is 2.56. The molecule has 0 aliphatic carbocycles. The Kier molecular flexibility index (Phi) is 6.02. The largest absolute Gasteiger partial charge is 0.462 e. The molecule has 0 heterocycles. The van der Waals surface area contributed by atoms with Gasteiger partial charge in [0.05, 0.1) is 22.8 Å². The molecular formula is C17H14Cl2O4. The molecule has 4 nitrogen and oxygen atoms in total. The summed E-state index contributed by atoms with van der Waals surface area (Å²) in [7, 11) is 0. The molecule has 0 radical (unpaired) electrons. The lowest BCUT2D eigenvalue weighted by Gasteiger charge is -2.08. The van der Waals surface area contributed by atoms with Crippen LogP contribution in [0.5, 0.6) is 5.75 Å². The minimum atomic E-state index is -0.640. The molecule has 0 saturated carbocycles. The van der Waals surface area contributed by atoms with Gasteiger partial charge >= 0.3 is 11.9 Å². The summed E-state index contributed by atoms with van der Waals surface area (Å²) in [6, 6.07) is 10.7. The normalized spacial score (nSPS) is 10.2. The highest BCUT2D eigenvalue weighted by atomic mass is 35.5. The number of esters is 2. The number of rotatable bonds is 5. The zero-order valence-corrected chi connectivity index (χ0v) is 13.9. The van der Waals surface area contributed by atoms with Crippen molar-refractivity contribution in [2.45, 2.75) is 13.3 Å². The summed E-state index contributed by atoms with van der Waals surface area (Å²) in [5, 5.41) is 0.662. The molecule has 2 aromatic carbocycles. The van der Waals surface area contributed by atoms with E-state index in [1.54, 1.807) is 18.2 Å². The number of benzene rings is 2. The van der Waals surface area contributed by atoms with Crippen LogP contribution in [0.25, 0.3) is 0 Å². The van der Waals surface area contributed by atoms with E-state index in [2.05, 4.69) is 0 Å². The van der Waals surface area contributed by atoms with Gasteiger partial charge in [0.15, 0.2) is 5.75 Å². The molecule has 0 amide bonds. The molecule has 0 fully saturated rings. The molecule has 0 atom stereocenters. The first kappa shape index (κ1) is 17.3. The van der Waals surface area contributed by atoms with Crippen LogP contribution in [0, 0.1) is 0 Å². The summed E-state index contributed by atoms with van der Waals surface area (Å²) in [5.74, 6) is -0.968. The molecule has 0 N–H and O–H groups in total. The van der Waals surface area contributed by atoms with Crippen LogP contribution >= 0.6 is 23.2 Å². The maximum Gasteiger partial charge on any atom is 0.343 e. The van der Waals surface area contributed by atoms with E-state index in [1.165, 1.54) is 24.3 Å². The molecule has 6 heteroatoms. The third-order valence-electron chi connectivity index (χ3n) is 2.87. The summed E-state index contributed by atoms with van der Waals surface area (Å²) in [5.41, 5.74) is 0.497. The second-order valence-electron chi connectivity index (χ2n) is 4.68. The second kappa shape index (κ2) is 7.99. The molecule has 0 spiro atoms. The van der Waals surface area contributed by atoms with Gasteiger partial charge in [-0.1, -0.05) is 36.2 Å². The van der Waals surface area contributed by atoms with Crippen molar-refractivity contribution >= 4 is 35.1 Å². The number of ether oxygens (including phenoxy) is 2. The van der Waals surface area contributed by atoms with Crippen LogP contribution in [-0.4, -0.2) is 18.5 Å². The van der Waals surface area contributed by atoms with Gasteiger partial charge in [0.2, 0.25) is 0 Å². The van der Waals surface area contributed by atoms with Crippen molar-refractivity contribution < 1.29 is 19.1 Å². The highest BCUT2D eigenvalue weighted by Gasteiger charge is 2.14. The topological polar surface area (TPSA) is 52.6 Å². The zero-order valence-electron chi connectivity index (χ0n) is 12.3. The van der Waals surface area contributed by atoms with Crippen molar-refractivity contribution in [3.05, 3.63) is 63.6 Å². The molecule has 0 aliphatic rings. The maximum absolute atomic E-state index is 12.2. The van der Waals surface area contributed by atoms with E-state index in [-0.39, 0.29) is 21.9 Å². The summed E-state index contributed by atoms with van der Waals surface area (Å²) in [6.07, 6.45) is 0.723. The summed E-state index contributed by atoms with van der Waals surface area (Å²) < 4.78 is 10.3. The predicted octanol–water partition coefficient (Wildman–Crippen LogP) is 4.78. The lowest BCUT2D eigenvalue weighted by atomic mass is 10.1. The third-order valence-corrected chi connectivity index (χ3v) is 3.41. The Balaban J connectivity index is 2.16. The SMILES string of the molecule is CCCOC(=O)c1cccc(C(=O)Oc2cc(Cl)ccc2Cl)c1. The second-order valence-corrected chi connectivity index (χ2v) is 5.52. The molecule has 0 aromatic heterocycles. The molecule has 23 heavy (non-hydrogen) atoms. The van der Waals surface area contributed by atoms with E-state index in [0.717, 1.165) is 6.42 Å². The molecule has 0 saturated heterocycles. The monoisotopic (exact) mass is 352 g/mol. The highest BCUT2D eigenvalue weighted by Crippen LogP contribution is 2.28. The Hall–Kier alpha value is -2.04. The molecule has 0 bridgehead atoms. The molecule has 2 aromatic rings. The Morgan fingerprint density at radius 3 is 2.39 bits per heavy atom. The van der Waals surface area contributed by atoms with Gasteiger partial charge < -0.3 is 9.47 Å². The third kappa shape index (κ3) is 4.71. The van der Waals surface area contributed by atoms with E-state index in [1.807, 2.05) is 6.92 Å². The fourth-order valence-electron chi connectivity index (χ4n) is 1.77. The van der Waals surface area contributed by atoms with Crippen LogP contribution < -0.4 is 4.74 Å². The van der Waals surface area contributed by atoms with Gasteiger partial charge in [-0.25, -0.2) is 9.59 Å². The Morgan fingerprint density at radius 1 is 1.00 bits per heavy atom. The van der Waals surface area contributed by atoms with Crippen LogP contribution in [0.4, 0.5) is 0 Å². The first-order valence-corrected chi connectivity index (χ1v) is 7.71. The fourth-order valence-corrected chi connectivity index (χ4v) is 2.08. The van der Waals surface area contributed by atoms with Gasteiger partial charge in [0, 0.05) is 11.1 Å². The smallest absolute Gasteiger partial charge is 0.343 e. The minimum absolute atomic E-state index is 0.156. The number of carbonyl (C=O) groups is 2. The van der Waals surface area contributed by atoms with Gasteiger partial charge in [-0.05, 0) is 36.8 Å². The lowest BCUT2D eigenvalue weighted by Crippen LogP contribution is -2.11. The van der Waals surface area contributed by atoms with Crippen LogP contribution in [0.3, 0.4) is 0 Å². The van der Waals surface area contributed by atoms with Crippen molar-refractivity contribution in [1.82, 2.24) is 0 Å². The van der Waals surface area contributed by atoms with Gasteiger partial charge in [0.25, 0.3) is 0 Å². The Morgan fingerprint density at radius 2 is 1.70 bits per heavy atom. The first-order chi connectivity index (χ1) is 11.0. The molecular weight excluding hydrogens is 339 g/mol. The van der Waals surface area contributed by atoms with Crippen LogP contribution in [0.2, 0.25) is 10.0 Å². The quantitative estimate of drug-likeness (QED) is 0.573. The van der Waals surface area contributed by atoms with Gasteiger partial charge in [-0.15, -0.1) is 0 Å². The van der Waals surface area contributed by atoms with Gasteiger partial charge in [0.1, 0.15) is 0 Å². The highest BCUT2D eigenvalue weighted by molar-refractivity contribution is 6.34. The Bertz CT molecular complexity index is 728. The molecule has 2 rings (SSSR count). The summed E-state index contributed by atoms with van der Waals surface area (Å²) >= 11 is 11.8. The van der Waals surface area contributed by atoms with Crippen LogP contribution in [-0.2, 0) is 4.74 Å². The van der Waals surface area contributed by atoms with Crippen LogP contribution in [0.15, 0.2) is 42.5 Å². The molecule has 0 aliphatic heterocycles.